The van der Waals surface area contributed by atoms with Crippen molar-refractivity contribution >= 4 is 28.8 Å². The Balaban J connectivity index is 1.53. The van der Waals surface area contributed by atoms with Crippen LogP contribution in [0.4, 0.5) is 0 Å². The van der Waals surface area contributed by atoms with Crippen molar-refractivity contribution in [3.63, 3.8) is 0 Å². The molecule has 216 valence electrons. The van der Waals surface area contributed by atoms with Crippen LogP contribution in [0.5, 0.6) is 5.88 Å². The normalized spacial score (nSPS) is 11.4. The summed E-state index contributed by atoms with van der Waals surface area (Å²) in [6.07, 6.45) is 26.3. The Morgan fingerprint density at radius 1 is 0.737 bits per heavy atom. The molecule has 0 bridgehead atoms. The molecule has 2 heterocycles. The minimum atomic E-state index is -0.483. The van der Waals surface area contributed by atoms with Crippen LogP contribution in [0.15, 0.2) is 5.16 Å². The van der Waals surface area contributed by atoms with Crippen LogP contribution in [0, 0.1) is 0 Å². The van der Waals surface area contributed by atoms with Gasteiger partial charge in [0.25, 0.3) is 0 Å². The van der Waals surface area contributed by atoms with Crippen LogP contribution in [0.25, 0.3) is 11.0 Å². The highest BCUT2D eigenvalue weighted by molar-refractivity contribution is 7.98. The van der Waals surface area contributed by atoms with Gasteiger partial charge < -0.3 is 9.47 Å². The molecule has 0 fully saturated rings. The van der Waals surface area contributed by atoms with Crippen LogP contribution in [-0.4, -0.2) is 45.2 Å². The first kappa shape index (κ1) is 32.4. The summed E-state index contributed by atoms with van der Waals surface area (Å²) in [6, 6.07) is 0. The van der Waals surface area contributed by atoms with Crippen LogP contribution in [-0.2, 0) is 11.8 Å². The average molecular weight is 549 g/mol. The first-order valence-corrected chi connectivity index (χ1v) is 16.4. The summed E-state index contributed by atoms with van der Waals surface area (Å²) in [7, 11) is 1.81. The van der Waals surface area contributed by atoms with Crippen molar-refractivity contribution in [3.05, 3.63) is 5.69 Å². The van der Waals surface area contributed by atoms with E-state index in [2.05, 4.69) is 22.0 Å². The summed E-state index contributed by atoms with van der Waals surface area (Å²) < 4.78 is 12.9. The highest BCUT2D eigenvalue weighted by atomic mass is 32.2. The standard InChI is InChI=1S/C30H52N4O3S/c1-5-7-8-9-10-11-12-13-14-15-16-17-18-19-20-21-22-23-24-37-28-26-25(33-34(28)3)27(29(35)36-6-2)32-30(31-26)38-4/h5-24H2,1-4H3. The minimum Gasteiger partial charge on any atom is -0.476 e. The number of esters is 1. The van der Waals surface area contributed by atoms with Crippen molar-refractivity contribution in [3.8, 4) is 5.88 Å². The summed E-state index contributed by atoms with van der Waals surface area (Å²) in [5.74, 6) is 0.0959. The Morgan fingerprint density at radius 2 is 1.24 bits per heavy atom. The molecule has 0 radical (unpaired) electrons. The lowest BCUT2D eigenvalue weighted by Gasteiger charge is -2.07. The number of unbranched alkanes of at least 4 members (excludes halogenated alkanes) is 17. The number of nitrogens with zero attached hydrogens (tertiary/aromatic N) is 4. The number of hydrogen-bond donors (Lipinski definition) is 0. The summed E-state index contributed by atoms with van der Waals surface area (Å²) in [4.78, 5) is 21.3. The molecule has 7 nitrogen and oxygen atoms in total. The SMILES string of the molecule is CCCCCCCCCCCCCCCCCCCCOc1c2nc(SC)nc(C(=O)OCC)c2nn1C. The molecule has 0 unspecified atom stereocenters. The van der Waals surface area contributed by atoms with Gasteiger partial charge in [-0.15, -0.1) is 0 Å². The second kappa shape index (κ2) is 20.1. The van der Waals surface area contributed by atoms with Gasteiger partial charge in [-0.3, -0.25) is 0 Å². The van der Waals surface area contributed by atoms with Crippen molar-refractivity contribution in [2.45, 2.75) is 135 Å². The van der Waals surface area contributed by atoms with E-state index in [0.29, 0.717) is 28.7 Å². The molecule has 8 heteroatoms. The van der Waals surface area contributed by atoms with Gasteiger partial charge in [-0.1, -0.05) is 128 Å². The van der Waals surface area contributed by atoms with Crippen LogP contribution < -0.4 is 4.74 Å². The van der Waals surface area contributed by atoms with E-state index in [4.69, 9.17) is 9.47 Å². The molecule has 0 saturated heterocycles. The van der Waals surface area contributed by atoms with E-state index >= 15 is 0 Å². The molecule has 38 heavy (non-hydrogen) atoms. The van der Waals surface area contributed by atoms with Crippen molar-refractivity contribution in [2.24, 2.45) is 7.05 Å². The Bertz CT molecular complexity index is 919. The maximum atomic E-state index is 12.4. The lowest BCUT2D eigenvalue weighted by molar-refractivity contribution is 0.0520. The highest BCUT2D eigenvalue weighted by Gasteiger charge is 2.23. The zero-order valence-corrected chi connectivity index (χ0v) is 25.4. The molecule has 0 N–H and O–H groups in total. The lowest BCUT2D eigenvalue weighted by atomic mass is 10.0. The number of aryl methyl sites for hydroxylation is 1. The van der Waals surface area contributed by atoms with Crippen LogP contribution in [0.2, 0.25) is 0 Å². The van der Waals surface area contributed by atoms with Gasteiger partial charge in [-0.25, -0.2) is 19.4 Å². The first-order valence-electron chi connectivity index (χ1n) is 15.2. The van der Waals surface area contributed by atoms with Gasteiger partial charge in [0.2, 0.25) is 5.88 Å². The first-order chi connectivity index (χ1) is 18.6. The van der Waals surface area contributed by atoms with Gasteiger partial charge in [0.15, 0.2) is 16.4 Å². The molecule has 2 aromatic heterocycles. The third-order valence-electron chi connectivity index (χ3n) is 7.00. The Hall–Kier alpha value is -1.83. The van der Waals surface area contributed by atoms with E-state index in [1.54, 1.807) is 18.7 Å². The second-order valence-electron chi connectivity index (χ2n) is 10.3. The fourth-order valence-corrected chi connectivity index (χ4v) is 5.16. The van der Waals surface area contributed by atoms with Gasteiger partial charge in [-0.2, -0.15) is 5.10 Å². The number of ether oxygens (including phenoxy) is 2. The fraction of sp³-hybridized carbons (Fsp3) is 0.800. The lowest BCUT2D eigenvalue weighted by Crippen LogP contribution is -2.09. The average Bonchev–Trinajstić information content (AvgIpc) is 3.24. The number of fused-ring (bicyclic) bond motifs is 1. The predicted octanol–water partition coefficient (Wildman–Crippen LogP) is 8.68. The van der Waals surface area contributed by atoms with Crippen molar-refractivity contribution in [1.82, 2.24) is 19.7 Å². The predicted molar refractivity (Wildman–Crippen MR) is 158 cm³/mol. The Kier molecular flexibility index (Phi) is 17.2. The monoisotopic (exact) mass is 548 g/mol. The van der Waals surface area contributed by atoms with Gasteiger partial charge >= 0.3 is 5.97 Å². The molecule has 2 rings (SSSR count). The van der Waals surface area contributed by atoms with E-state index < -0.39 is 5.97 Å². The number of thioether (sulfide) groups is 1. The third-order valence-corrected chi connectivity index (χ3v) is 7.55. The van der Waals surface area contributed by atoms with Crippen LogP contribution in [0.3, 0.4) is 0 Å². The zero-order chi connectivity index (χ0) is 27.4. The highest BCUT2D eigenvalue weighted by Crippen LogP contribution is 2.28. The van der Waals surface area contributed by atoms with Crippen molar-refractivity contribution < 1.29 is 14.3 Å². The number of carbonyl (C=O) groups is 1. The molecule has 0 spiro atoms. The number of rotatable bonds is 23. The van der Waals surface area contributed by atoms with Crippen LogP contribution >= 0.6 is 11.8 Å². The minimum absolute atomic E-state index is 0.194. The van der Waals surface area contributed by atoms with E-state index in [-0.39, 0.29) is 12.3 Å². The molecule has 0 amide bonds. The van der Waals surface area contributed by atoms with E-state index in [9.17, 15) is 4.79 Å². The third kappa shape index (κ3) is 11.9. The number of hydrogen-bond acceptors (Lipinski definition) is 7. The maximum absolute atomic E-state index is 12.4. The van der Waals surface area contributed by atoms with E-state index in [1.807, 2.05) is 6.26 Å². The topological polar surface area (TPSA) is 79.1 Å². The molecular weight excluding hydrogens is 496 g/mol. The van der Waals surface area contributed by atoms with E-state index in [1.165, 1.54) is 114 Å². The van der Waals surface area contributed by atoms with Crippen molar-refractivity contribution in [1.29, 1.82) is 0 Å². The maximum Gasteiger partial charge on any atom is 0.359 e. The molecule has 0 atom stereocenters. The molecule has 0 aliphatic carbocycles. The smallest absolute Gasteiger partial charge is 0.359 e. The van der Waals surface area contributed by atoms with Crippen molar-refractivity contribution in [2.75, 3.05) is 19.5 Å². The van der Waals surface area contributed by atoms with Crippen LogP contribution in [0.1, 0.15) is 140 Å². The molecule has 0 saturated carbocycles. The summed E-state index contributed by atoms with van der Waals surface area (Å²) in [5, 5.41) is 4.96. The summed E-state index contributed by atoms with van der Waals surface area (Å²) >= 11 is 1.38. The number of aromatic nitrogens is 4. The number of carbonyl (C=O) groups excluding carboxylic acids is 1. The molecule has 0 aliphatic heterocycles. The van der Waals surface area contributed by atoms with E-state index in [0.717, 1.165) is 12.8 Å². The fourth-order valence-electron chi connectivity index (χ4n) is 4.79. The Morgan fingerprint density at radius 3 is 1.71 bits per heavy atom. The van der Waals surface area contributed by atoms with Gasteiger partial charge in [-0.05, 0) is 19.6 Å². The molecule has 0 aromatic carbocycles. The largest absolute Gasteiger partial charge is 0.476 e. The van der Waals surface area contributed by atoms with Gasteiger partial charge in [0.1, 0.15) is 5.52 Å². The van der Waals surface area contributed by atoms with Gasteiger partial charge in [0, 0.05) is 7.05 Å². The van der Waals surface area contributed by atoms with Gasteiger partial charge in [0.05, 0.1) is 13.2 Å². The quantitative estimate of drug-likeness (QED) is 0.0594. The zero-order valence-electron chi connectivity index (χ0n) is 24.6. The molecular formula is C30H52N4O3S. The summed E-state index contributed by atoms with van der Waals surface area (Å²) in [6.45, 7) is 4.96. The second-order valence-corrected chi connectivity index (χ2v) is 11.0. The Labute approximate surface area is 235 Å². The molecule has 0 aliphatic rings. The summed E-state index contributed by atoms with van der Waals surface area (Å²) in [5.41, 5.74) is 1.19. The molecule has 2 aromatic rings.